The number of amides is 1. The first-order valence-corrected chi connectivity index (χ1v) is 9.81. The van der Waals surface area contributed by atoms with Crippen molar-refractivity contribution in [2.45, 2.75) is 44.2 Å². The molecule has 2 aliphatic rings. The zero-order chi connectivity index (χ0) is 19.0. The fraction of sp³-hybridized carbons (Fsp3) is 0.524. The maximum atomic E-state index is 13.8. The summed E-state index contributed by atoms with van der Waals surface area (Å²) in [6.07, 6.45) is 8.67. The zero-order valence-electron chi connectivity index (χ0n) is 15.6. The summed E-state index contributed by atoms with van der Waals surface area (Å²) >= 11 is 0. The van der Waals surface area contributed by atoms with Gasteiger partial charge in [0.25, 0.3) is 0 Å². The Bertz CT molecular complexity index is 806. The van der Waals surface area contributed by atoms with Crippen LogP contribution in [0.25, 0.3) is 0 Å². The van der Waals surface area contributed by atoms with Crippen LogP contribution in [-0.4, -0.2) is 21.5 Å². The molecule has 6 heteroatoms. The summed E-state index contributed by atoms with van der Waals surface area (Å²) in [6.45, 7) is 0. The highest BCUT2D eigenvalue weighted by atomic mass is 19.1. The molecule has 1 amide bonds. The van der Waals surface area contributed by atoms with Crippen molar-refractivity contribution in [3.63, 3.8) is 0 Å². The Hall–Kier alpha value is -2.21. The van der Waals surface area contributed by atoms with Gasteiger partial charge in [0.15, 0.2) is 0 Å². The van der Waals surface area contributed by atoms with Crippen LogP contribution in [0.2, 0.25) is 0 Å². The predicted molar refractivity (Wildman–Crippen MR) is 101 cm³/mol. The van der Waals surface area contributed by atoms with Gasteiger partial charge < -0.3 is 15.6 Å². The Labute approximate surface area is 159 Å². The van der Waals surface area contributed by atoms with Gasteiger partial charge in [-0.2, -0.15) is 0 Å². The molecule has 2 aliphatic carbocycles. The van der Waals surface area contributed by atoms with Crippen LogP contribution >= 0.6 is 0 Å². The summed E-state index contributed by atoms with van der Waals surface area (Å²) in [5.74, 6) is 1.25. The first-order valence-electron chi connectivity index (χ1n) is 9.81. The van der Waals surface area contributed by atoms with Crippen molar-refractivity contribution >= 4 is 5.91 Å². The number of fused-ring (bicyclic) bond motifs is 2. The van der Waals surface area contributed by atoms with Crippen LogP contribution in [0.4, 0.5) is 4.39 Å². The van der Waals surface area contributed by atoms with Gasteiger partial charge in [-0.1, -0.05) is 18.6 Å². The second-order valence-corrected chi connectivity index (χ2v) is 8.09. The van der Waals surface area contributed by atoms with Crippen LogP contribution in [0.1, 0.15) is 49.5 Å². The molecule has 27 heavy (non-hydrogen) atoms. The lowest BCUT2D eigenvalue weighted by atomic mass is 9.65. The number of carbonyl (C=O) groups excluding carboxylic acids is 1. The fourth-order valence-corrected chi connectivity index (χ4v) is 4.90. The standard InChI is InChI=1S/C21H27FN4O/c1-26-9-8-24-20(26)19(15-6-3-7-17(22)12-15)25-21(27)16-10-13-4-2-5-14(11-16)18(13)23/h3,6-9,12-14,16,18-19H,2,4-5,10-11,23H2,1H3,(H,25,27). The molecule has 144 valence electrons. The number of carbonyl (C=O) groups is 1. The lowest BCUT2D eigenvalue weighted by Gasteiger charge is -2.43. The van der Waals surface area contributed by atoms with Gasteiger partial charge in [0.05, 0.1) is 0 Å². The highest BCUT2D eigenvalue weighted by Gasteiger charge is 2.41. The highest BCUT2D eigenvalue weighted by molar-refractivity contribution is 5.79. The quantitative estimate of drug-likeness (QED) is 0.869. The number of nitrogens with one attached hydrogen (secondary N) is 1. The topological polar surface area (TPSA) is 72.9 Å². The molecule has 3 N–H and O–H groups in total. The maximum Gasteiger partial charge on any atom is 0.223 e. The molecule has 1 heterocycles. The van der Waals surface area contributed by atoms with Gasteiger partial charge in [-0.15, -0.1) is 0 Å². The highest BCUT2D eigenvalue weighted by Crippen LogP contribution is 2.42. The van der Waals surface area contributed by atoms with Gasteiger partial charge in [-0.25, -0.2) is 9.37 Å². The summed E-state index contributed by atoms with van der Waals surface area (Å²) < 4.78 is 15.7. The molecule has 3 unspecified atom stereocenters. The molecular weight excluding hydrogens is 343 g/mol. The lowest BCUT2D eigenvalue weighted by Crippen LogP contribution is -2.49. The van der Waals surface area contributed by atoms with E-state index >= 15 is 0 Å². The summed E-state index contributed by atoms with van der Waals surface area (Å²) in [6, 6.07) is 6.13. The molecule has 0 radical (unpaired) electrons. The van der Waals surface area contributed by atoms with E-state index in [1.807, 2.05) is 23.9 Å². The van der Waals surface area contributed by atoms with E-state index in [2.05, 4.69) is 10.3 Å². The van der Waals surface area contributed by atoms with Crippen molar-refractivity contribution in [2.24, 2.45) is 30.5 Å². The van der Waals surface area contributed by atoms with Gasteiger partial charge in [0, 0.05) is 31.4 Å². The number of hydrogen-bond donors (Lipinski definition) is 2. The molecule has 5 nitrogen and oxygen atoms in total. The van der Waals surface area contributed by atoms with Gasteiger partial charge in [-0.3, -0.25) is 4.79 Å². The van der Waals surface area contributed by atoms with E-state index < -0.39 is 6.04 Å². The molecule has 1 aromatic carbocycles. The third-order valence-corrected chi connectivity index (χ3v) is 6.37. The second-order valence-electron chi connectivity index (χ2n) is 8.09. The van der Waals surface area contributed by atoms with Crippen molar-refractivity contribution in [1.29, 1.82) is 0 Å². The molecule has 2 bridgehead atoms. The molecule has 3 atom stereocenters. The van der Waals surface area contributed by atoms with Crippen LogP contribution in [0.15, 0.2) is 36.7 Å². The van der Waals surface area contributed by atoms with E-state index in [1.165, 1.54) is 18.6 Å². The molecule has 1 aromatic heterocycles. The van der Waals surface area contributed by atoms with Crippen LogP contribution in [0.3, 0.4) is 0 Å². The molecule has 2 saturated carbocycles. The smallest absolute Gasteiger partial charge is 0.223 e. The number of aromatic nitrogens is 2. The van der Waals surface area contributed by atoms with Crippen molar-refractivity contribution < 1.29 is 9.18 Å². The number of hydrogen-bond acceptors (Lipinski definition) is 3. The summed E-state index contributed by atoms with van der Waals surface area (Å²) in [5, 5.41) is 3.15. The number of imidazole rings is 1. The molecule has 2 fully saturated rings. The number of nitrogens with zero attached hydrogens (tertiary/aromatic N) is 2. The molecule has 4 rings (SSSR count). The Kier molecular flexibility index (Phi) is 5.00. The second kappa shape index (κ2) is 7.43. The minimum atomic E-state index is -0.469. The van der Waals surface area contributed by atoms with Gasteiger partial charge in [-0.05, 0) is 55.2 Å². The molecule has 0 saturated heterocycles. The number of benzene rings is 1. The van der Waals surface area contributed by atoms with E-state index in [-0.39, 0.29) is 23.7 Å². The molecule has 0 spiro atoms. The summed E-state index contributed by atoms with van der Waals surface area (Å²) in [7, 11) is 1.88. The van der Waals surface area contributed by atoms with Crippen LogP contribution in [-0.2, 0) is 11.8 Å². The number of aryl methyl sites for hydroxylation is 1. The Morgan fingerprint density at radius 3 is 2.70 bits per heavy atom. The third-order valence-electron chi connectivity index (χ3n) is 6.37. The van der Waals surface area contributed by atoms with Gasteiger partial charge >= 0.3 is 0 Å². The van der Waals surface area contributed by atoms with Crippen molar-refractivity contribution in [3.05, 3.63) is 53.9 Å². The average molecular weight is 370 g/mol. The lowest BCUT2D eigenvalue weighted by molar-refractivity contribution is -0.128. The van der Waals surface area contributed by atoms with Crippen molar-refractivity contribution in [2.75, 3.05) is 0 Å². The van der Waals surface area contributed by atoms with E-state index in [0.717, 1.165) is 25.7 Å². The van der Waals surface area contributed by atoms with E-state index in [0.29, 0.717) is 23.2 Å². The molecule has 0 aliphatic heterocycles. The molecule has 2 aromatic rings. The number of halogens is 1. The largest absolute Gasteiger partial charge is 0.342 e. The number of rotatable bonds is 4. The van der Waals surface area contributed by atoms with Crippen molar-refractivity contribution in [1.82, 2.24) is 14.9 Å². The minimum Gasteiger partial charge on any atom is -0.342 e. The zero-order valence-corrected chi connectivity index (χ0v) is 15.6. The van der Waals surface area contributed by atoms with Crippen molar-refractivity contribution in [3.8, 4) is 0 Å². The van der Waals surface area contributed by atoms with Gasteiger partial charge in [0.2, 0.25) is 5.91 Å². The average Bonchev–Trinajstić information content (AvgIpc) is 3.05. The van der Waals surface area contributed by atoms with Crippen LogP contribution in [0.5, 0.6) is 0 Å². The maximum absolute atomic E-state index is 13.8. The van der Waals surface area contributed by atoms with E-state index in [1.54, 1.807) is 12.3 Å². The first kappa shape index (κ1) is 18.2. The predicted octanol–water partition coefficient (Wildman–Crippen LogP) is 2.92. The first-order chi connectivity index (χ1) is 13.0. The third kappa shape index (κ3) is 3.63. The normalized spacial score (nSPS) is 28.6. The fourth-order valence-electron chi connectivity index (χ4n) is 4.90. The van der Waals surface area contributed by atoms with Gasteiger partial charge in [0.1, 0.15) is 17.7 Å². The monoisotopic (exact) mass is 370 g/mol. The Morgan fingerprint density at radius 2 is 2.07 bits per heavy atom. The molecular formula is C21H27FN4O. The summed E-state index contributed by atoms with van der Waals surface area (Å²) in [5.41, 5.74) is 7.07. The number of nitrogens with two attached hydrogens (primary N) is 1. The summed E-state index contributed by atoms with van der Waals surface area (Å²) in [4.78, 5) is 17.5. The Balaban J connectivity index is 1.57. The minimum absolute atomic E-state index is 0.0241. The van der Waals surface area contributed by atoms with Crippen LogP contribution < -0.4 is 11.1 Å². The van der Waals surface area contributed by atoms with E-state index in [9.17, 15) is 9.18 Å². The SMILES string of the molecule is Cn1ccnc1C(NC(=O)C1CC2CCCC(C1)C2N)c1cccc(F)c1. The van der Waals surface area contributed by atoms with E-state index in [4.69, 9.17) is 5.73 Å². The van der Waals surface area contributed by atoms with Crippen LogP contribution in [0, 0.1) is 23.6 Å². The Morgan fingerprint density at radius 1 is 1.33 bits per heavy atom.